The Hall–Kier alpha value is -1.33. The predicted octanol–water partition coefficient (Wildman–Crippen LogP) is 3.47. The Morgan fingerprint density at radius 3 is 2.89 bits per heavy atom. The number of hydrogen-bond acceptors (Lipinski definition) is 5. The van der Waals surface area contributed by atoms with Crippen LogP contribution in [-0.2, 0) is 9.53 Å². The summed E-state index contributed by atoms with van der Waals surface area (Å²) >= 11 is 2.97. The SMILES string of the molecule is CCOC(=O)CSc1nc(-c2ccccc2)cs1. The molecule has 1 aromatic heterocycles. The normalized spacial score (nSPS) is 10.3. The van der Waals surface area contributed by atoms with E-state index in [1.807, 2.05) is 35.7 Å². The molecule has 1 aromatic carbocycles. The summed E-state index contributed by atoms with van der Waals surface area (Å²) in [7, 11) is 0. The van der Waals surface area contributed by atoms with Crippen molar-refractivity contribution < 1.29 is 9.53 Å². The number of benzene rings is 1. The second kappa shape index (κ2) is 6.56. The standard InChI is InChI=1S/C13H13NO2S2/c1-2-16-12(15)9-18-13-14-11(8-17-13)10-6-4-3-5-7-10/h3-8H,2,9H2,1H3. The maximum absolute atomic E-state index is 11.2. The maximum Gasteiger partial charge on any atom is 0.316 e. The summed E-state index contributed by atoms with van der Waals surface area (Å²) in [6.07, 6.45) is 0. The number of esters is 1. The van der Waals surface area contributed by atoms with E-state index in [-0.39, 0.29) is 5.97 Å². The third kappa shape index (κ3) is 3.58. The summed E-state index contributed by atoms with van der Waals surface area (Å²) in [5.74, 6) is 0.120. The van der Waals surface area contributed by atoms with Crippen molar-refractivity contribution in [3.63, 3.8) is 0 Å². The number of carbonyl (C=O) groups excluding carboxylic acids is 1. The molecule has 0 aliphatic rings. The molecule has 94 valence electrons. The number of nitrogens with zero attached hydrogens (tertiary/aromatic N) is 1. The van der Waals surface area contributed by atoms with Gasteiger partial charge in [-0.3, -0.25) is 4.79 Å². The Morgan fingerprint density at radius 2 is 2.17 bits per heavy atom. The van der Waals surface area contributed by atoms with Crippen molar-refractivity contribution in [2.24, 2.45) is 0 Å². The fourth-order valence-electron chi connectivity index (χ4n) is 1.39. The van der Waals surface area contributed by atoms with Crippen LogP contribution in [0.1, 0.15) is 6.92 Å². The molecule has 0 bridgehead atoms. The van der Waals surface area contributed by atoms with Crippen molar-refractivity contribution in [1.29, 1.82) is 0 Å². The average molecular weight is 279 g/mol. The molecule has 0 aliphatic carbocycles. The highest BCUT2D eigenvalue weighted by Crippen LogP contribution is 2.28. The van der Waals surface area contributed by atoms with Gasteiger partial charge in [0.05, 0.1) is 18.1 Å². The lowest BCUT2D eigenvalue weighted by Gasteiger charge is -1.98. The van der Waals surface area contributed by atoms with Crippen LogP contribution in [0.25, 0.3) is 11.3 Å². The maximum atomic E-state index is 11.2. The van der Waals surface area contributed by atoms with Crippen LogP contribution in [0.3, 0.4) is 0 Å². The van der Waals surface area contributed by atoms with Crippen molar-refractivity contribution >= 4 is 29.1 Å². The van der Waals surface area contributed by atoms with Crippen LogP contribution < -0.4 is 0 Å². The number of rotatable bonds is 5. The topological polar surface area (TPSA) is 39.2 Å². The zero-order chi connectivity index (χ0) is 12.8. The smallest absolute Gasteiger partial charge is 0.316 e. The molecule has 0 saturated carbocycles. The number of hydrogen-bond donors (Lipinski definition) is 0. The molecular formula is C13H13NO2S2. The Kier molecular flexibility index (Phi) is 4.78. The molecule has 0 fully saturated rings. The second-order valence-electron chi connectivity index (χ2n) is 3.46. The van der Waals surface area contributed by atoms with Crippen molar-refractivity contribution in [3.8, 4) is 11.3 Å². The quantitative estimate of drug-likeness (QED) is 0.620. The van der Waals surface area contributed by atoms with Crippen LogP contribution in [0, 0.1) is 0 Å². The van der Waals surface area contributed by atoms with Gasteiger partial charge in [-0.25, -0.2) is 4.98 Å². The number of carbonyl (C=O) groups is 1. The lowest BCUT2D eigenvalue weighted by molar-refractivity contribution is -0.139. The Bertz CT molecular complexity index is 511. The van der Waals surface area contributed by atoms with Crippen LogP contribution in [0.15, 0.2) is 40.1 Å². The van der Waals surface area contributed by atoms with Gasteiger partial charge in [-0.05, 0) is 6.92 Å². The zero-order valence-corrected chi connectivity index (χ0v) is 11.6. The van der Waals surface area contributed by atoms with Gasteiger partial charge >= 0.3 is 5.97 Å². The Balaban J connectivity index is 1.97. The number of aromatic nitrogens is 1. The molecule has 0 saturated heterocycles. The van der Waals surface area contributed by atoms with E-state index in [9.17, 15) is 4.79 Å². The first-order valence-corrected chi connectivity index (χ1v) is 7.45. The van der Waals surface area contributed by atoms with E-state index >= 15 is 0 Å². The lowest BCUT2D eigenvalue weighted by Crippen LogP contribution is -2.06. The largest absolute Gasteiger partial charge is 0.465 e. The van der Waals surface area contributed by atoms with E-state index in [1.54, 1.807) is 18.3 Å². The van der Waals surface area contributed by atoms with Crippen molar-refractivity contribution in [2.75, 3.05) is 12.4 Å². The third-order valence-corrected chi connectivity index (χ3v) is 4.17. The summed E-state index contributed by atoms with van der Waals surface area (Å²) in [5, 5.41) is 2.00. The van der Waals surface area contributed by atoms with Crippen LogP contribution in [0.5, 0.6) is 0 Å². The second-order valence-corrected chi connectivity index (χ2v) is 5.54. The zero-order valence-electron chi connectivity index (χ0n) is 9.96. The number of ether oxygens (including phenoxy) is 1. The van der Waals surface area contributed by atoms with Crippen LogP contribution >= 0.6 is 23.1 Å². The van der Waals surface area contributed by atoms with Crippen LogP contribution in [0.4, 0.5) is 0 Å². The summed E-state index contributed by atoms with van der Waals surface area (Å²) in [6.45, 7) is 2.23. The molecule has 0 aliphatic heterocycles. The summed E-state index contributed by atoms with van der Waals surface area (Å²) in [4.78, 5) is 15.7. The Morgan fingerprint density at radius 1 is 1.39 bits per heavy atom. The van der Waals surface area contributed by atoms with Gasteiger partial charge in [0.25, 0.3) is 0 Å². The van der Waals surface area contributed by atoms with E-state index in [2.05, 4.69) is 4.98 Å². The van der Waals surface area contributed by atoms with Gasteiger partial charge in [0, 0.05) is 10.9 Å². The number of thiazole rings is 1. The van der Waals surface area contributed by atoms with Crippen molar-refractivity contribution in [2.45, 2.75) is 11.3 Å². The van der Waals surface area contributed by atoms with Gasteiger partial charge in [0.2, 0.25) is 0 Å². The fourth-order valence-corrected chi connectivity index (χ4v) is 3.02. The third-order valence-electron chi connectivity index (χ3n) is 2.17. The van der Waals surface area contributed by atoms with E-state index in [0.29, 0.717) is 12.4 Å². The van der Waals surface area contributed by atoms with Crippen molar-refractivity contribution in [3.05, 3.63) is 35.7 Å². The van der Waals surface area contributed by atoms with Gasteiger partial charge in [0.1, 0.15) is 0 Å². The summed E-state index contributed by atoms with van der Waals surface area (Å²) in [6, 6.07) is 10.00. The van der Waals surface area contributed by atoms with Gasteiger partial charge in [-0.15, -0.1) is 11.3 Å². The predicted molar refractivity (Wildman–Crippen MR) is 74.9 cm³/mol. The minimum atomic E-state index is -0.195. The first kappa shape index (κ1) is 13.1. The molecule has 0 amide bonds. The van der Waals surface area contributed by atoms with Crippen LogP contribution in [0.2, 0.25) is 0 Å². The minimum absolute atomic E-state index is 0.195. The molecular weight excluding hydrogens is 266 g/mol. The minimum Gasteiger partial charge on any atom is -0.465 e. The highest BCUT2D eigenvalue weighted by molar-refractivity contribution is 8.01. The highest BCUT2D eigenvalue weighted by Gasteiger charge is 2.08. The molecule has 2 aromatic rings. The molecule has 2 rings (SSSR count). The van der Waals surface area contributed by atoms with Gasteiger partial charge in [-0.1, -0.05) is 42.1 Å². The molecule has 0 atom stereocenters. The molecule has 0 N–H and O–H groups in total. The van der Waals surface area contributed by atoms with Crippen LogP contribution in [-0.4, -0.2) is 23.3 Å². The monoisotopic (exact) mass is 279 g/mol. The lowest BCUT2D eigenvalue weighted by atomic mass is 10.2. The molecule has 0 spiro atoms. The first-order valence-electron chi connectivity index (χ1n) is 5.59. The van der Waals surface area contributed by atoms with Gasteiger partial charge in [0.15, 0.2) is 4.34 Å². The van der Waals surface area contributed by atoms with E-state index in [0.717, 1.165) is 15.6 Å². The number of thioether (sulfide) groups is 1. The summed E-state index contributed by atoms with van der Waals surface area (Å²) in [5.41, 5.74) is 2.05. The molecule has 0 unspecified atom stereocenters. The van der Waals surface area contributed by atoms with Gasteiger partial charge < -0.3 is 4.74 Å². The fraction of sp³-hybridized carbons (Fsp3) is 0.231. The van der Waals surface area contributed by atoms with Crippen molar-refractivity contribution in [1.82, 2.24) is 4.98 Å². The van der Waals surface area contributed by atoms with E-state index in [4.69, 9.17) is 4.74 Å². The highest BCUT2D eigenvalue weighted by atomic mass is 32.2. The molecule has 3 nitrogen and oxygen atoms in total. The average Bonchev–Trinajstić information content (AvgIpc) is 2.87. The molecule has 0 radical (unpaired) electrons. The molecule has 18 heavy (non-hydrogen) atoms. The van der Waals surface area contributed by atoms with Gasteiger partial charge in [-0.2, -0.15) is 0 Å². The Labute approximate surface area is 114 Å². The summed E-state index contributed by atoms with van der Waals surface area (Å²) < 4.78 is 5.76. The molecule has 1 heterocycles. The van der Waals surface area contributed by atoms with E-state index < -0.39 is 0 Å². The molecule has 5 heteroatoms. The first-order chi connectivity index (χ1) is 8.79. The van der Waals surface area contributed by atoms with E-state index in [1.165, 1.54) is 11.8 Å².